The minimum Gasteiger partial charge on any atom is -0.370 e. The largest absolute Gasteiger partial charge is 0.370 e. The lowest BCUT2D eigenvalue weighted by Crippen LogP contribution is -2.42. The Labute approximate surface area is 135 Å². The summed E-state index contributed by atoms with van der Waals surface area (Å²) in [6.07, 6.45) is 1.13. The minimum absolute atomic E-state index is 0.301. The highest BCUT2D eigenvalue weighted by atomic mass is 32.1. The number of thiophene rings is 1. The first-order chi connectivity index (χ1) is 10.8. The number of aliphatic imine (C=N–C) groups is 1. The van der Waals surface area contributed by atoms with Crippen molar-refractivity contribution >= 4 is 17.3 Å². The third-order valence-electron chi connectivity index (χ3n) is 4.18. The van der Waals surface area contributed by atoms with Crippen LogP contribution in [0.3, 0.4) is 0 Å². The highest BCUT2D eigenvalue weighted by Gasteiger charge is 2.25. The predicted molar refractivity (Wildman–Crippen MR) is 93.2 cm³/mol. The Hall–Kier alpha value is -1.85. The van der Waals surface area contributed by atoms with Crippen LogP contribution < -0.4 is 11.1 Å². The van der Waals surface area contributed by atoms with Gasteiger partial charge in [-0.25, -0.2) is 0 Å². The summed E-state index contributed by atoms with van der Waals surface area (Å²) < 4.78 is 0. The molecule has 1 aliphatic heterocycles. The van der Waals surface area contributed by atoms with Crippen LogP contribution in [0, 0.1) is 0 Å². The Kier molecular flexibility index (Phi) is 4.75. The molecule has 4 nitrogen and oxygen atoms in total. The van der Waals surface area contributed by atoms with E-state index in [1.165, 1.54) is 16.0 Å². The molecule has 1 aliphatic rings. The van der Waals surface area contributed by atoms with Gasteiger partial charge in [0.05, 0.1) is 6.04 Å². The molecule has 0 fully saturated rings. The number of nitrogens with zero attached hydrogens (tertiary/aromatic N) is 2. The van der Waals surface area contributed by atoms with Crippen LogP contribution in [0.4, 0.5) is 0 Å². The monoisotopic (exact) mass is 314 g/mol. The van der Waals surface area contributed by atoms with Crippen molar-refractivity contribution in [3.05, 3.63) is 57.8 Å². The third-order valence-corrected chi connectivity index (χ3v) is 5.20. The van der Waals surface area contributed by atoms with E-state index in [0.29, 0.717) is 12.0 Å². The highest BCUT2D eigenvalue weighted by molar-refractivity contribution is 7.10. The molecule has 2 aromatic rings. The zero-order chi connectivity index (χ0) is 15.4. The number of benzene rings is 1. The van der Waals surface area contributed by atoms with Crippen molar-refractivity contribution in [3.8, 4) is 0 Å². The molecule has 1 atom stereocenters. The van der Waals surface area contributed by atoms with Crippen molar-refractivity contribution in [1.29, 1.82) is 0 Å². The number of fused-ring (bicyclic) bond motifs is 1. The molecule has 0 saturated carbocycles. The van der Waals surface area contributed by atoms with Crippen molar-refractivity contribution in [1.82, 2.24) is 10.2 Å². The van der Waals surface area contributed by atoms with Crippen molar-refractivity contribution < 1.29 is 0 Å². The van der Waals surface area contributed by atoms with E-state index in [0.717, 1.165) is 26.1 Å². The number of rotatable bonds is 4. The number of hydrogen-bond acceptors (Lipinski definition) is 3. The maximum Gasteiger partial charge on any atom is 0.188 e. The Morgan fingerprint density at radius 3 is 2.95 bits per heavy atom. The zero-order valence-corrected chi connectivity index (χ0v) is 13.6. The van der Waals surface area contributed by atoms with Gasteiger partial charge in [-0.2, -0.15) is 0 Å². The fourth-order valence-electron chi connectivity index (χ4n) is 2.95. The first kappa shape index (κ1) is 15.1. The minimum atomic E-state index is 0.301. The fourth-order valence-corrected chi connectivity index (χ4v) is 3.84. The van der Waals surface area contributed by atoms with Crippen LogP contribution in [-0.2, 0) is 13.0 Å². The second-order valence-corrected chi connectivity index (χ2v) is 6.51. The summed E-state index contributed by atoms with van der Waals surface area (Å²) >= 11 is 1.88. The van der Waals surface area contributed by atoms with E-state index >= 15 is 0 Å². The van der Waals surface area contributed by atoms with Gasteiger partial charge >= 0.3 is 0 Å². The second-order valence-electron chi connectivity index (χ2n) is 5.51. The molecule has 3 N–H and O–H groups in total. The Morgan fingerprint density at radius 2 is 2.18 bits per heavy atom. The van der Waals surface area contributed by atoms with Gasteiger partial charge in [0.25, 0.3) is 0 Å². The van der Waals surface area contributed by atoms with Gasteiger partial charge in [0.2, 0.25) is 0 Å². The molecule has 5 heteroatoms. The molecular formula is C17H22N4S. The van der Waals surface area contributed by atoms with E-state index in [2.05, 4.69) is 57.0 Å². The summed E-state index contributed by atoms with van der Waals surface area (Å²) in [4.78, 5) is 8.05. The lowest BCUT2D eigenvalue weighted by molar-refractivity contribution is 0.181. The summed E-state index contributed by atoms with van der Waals surface area (Å²) in [5.74, 6) is 0.495. The molecule has 22 heavy (non-hydrogen) atoms. The molecule has 0 amide bonds. The van der Waals surface area contributed by atoms with Gasteiger partial charge in [0, 0.05) is 31.6 Å². The lowest BCUT2D eigenvalue weighted by Gasteiger charge is -2.35. The lowest BCUT2D eigenvalue weighted by atomic mass is 10.0. The predicted octanol–water partition coefficient (Wildman–Crippen LogP) is 2.38. The van der Waals surface area contributed by atoms with Crippen LogP contribution in [0.2, 0.25) is 0 Å². The maximum absolute atomic E-state index is 5.81. The van der Waals surface area contributed by atoms with Crippen LogP contribution in [-0.4, -0.2) is 31.0 Å². The third kappa shape index (κ3) is 3.31. The van der Waals surface area contributed by atoms with Crippen molar-refractivity contribution in [2.45, 2.75) is 19.0 Å². The van der Waals surface area contributed by atoms with Crippen molar-refractivity contribution in [2.24, 2.45) is 10.7 Å². The number of hydrogen-bond donors (Lipinski definition) is 2. The number of nitrogens with two attached hydrogens (primary N) is 1. The quantitative estimate of drug-likeness (QED) is 0.673. The normalized spacial score (nSPS) is 17.0. The molecule has 116 valence electrons. The van der Waals surface area contributed by atoms with E-state index in [9.17, 15) is 0 Å². The van der Waals surface area contributed by atoms with Gasteiger partial charge in [-0.3, -0.25) is 9.89 Å². The SMILES string of the molecule is CN=C(N)NCC(c1ccccc1)N1CCc2sccc2C1. The smallest absolute Gasteiger partial charge is 0.188 e. The molecule has 1 unspecified atom stereocenters. The molecule has 3 rings (SSSR count). The van der Waals surface area contributed by atoms with E-state index < -0.39 is 0 Å². The van der Waals surface area contributed by atoms with Gasteiger partial charge < -0.3 is 11.1 Å². The van der Waals surface area contributed by atoms with Gasteiger partial charge in [-0.15, -0.1) is 11.3 Å². The van der Waals surface area contributed by atoms with Gasteiger partial charge in [-0.1, -0.05) is 30.3 Å². The van der Waals surface area contributed by atoms with E-state index in [1.54, 1.807) is 7.05 Å². The van der Waals surface area contributed by atoms with Gasteiger partial charge in [0.15, 0.2) is 5.96 Å². The first-order valence-electron chi connectivity index (χ1n) is 7.58. The maximum atomic E-state index is 5.81. The summed E-state index contributed by atoms with van der Waals surface area (Å²) in [6.45, 7) is 2.85. The molecule has 0 aliphatic carbocycles. The average Bonchev–Trinajstić information content (AvgIpc) is 3.03. The van der Waals surface area contributed by atoms with Crippen LogP contribution in [0.15, 0.2) is 46.8 Å². The number of guanidine groups is 1. The van der Waals surface area contributed by atoms with Crippen LogP contribution in [0.1, 0.15) is 22.0 Å². The Balaban J connectivity index is 1.79. The van der Waals surface area contributed by atoms with Crippen molar-refractivity contribution in [2.75, 3.05) is 20.1 Å². The molecule has 0 bridgehead atoms. The van der Waals surface area contributed by atoms with Gasteiger partial charge in [-0.05, 0) is 29.0 Å². The summed E-state index contributed by atoms with van der Waals surface area (Å²) in [7, 11) is 1.71. The first-order valence-corrected chi connectivity index (χ1v) is 8.46. The Bertz CT molecular complexity index is 635. The molecule has 0 saturated heterocycles. The summed E-state index contributed by atoms with van der Waals surface area (Å²) in [5.41, 5.74) is 8.60. The molecule has 2 heterocycles. The van der Waals surface area contributed by atoms with Crippen molar-refractivity contribution in [3.63, 3.8) is 0 Å². The second kappa shape index (κ2) is 6.94. The zero-order valence-electron chi connectivity index (χ0n) is 12.8. The molecule has 0 radical (unpaired) electrons. The summed E-state index contributed by atoms with van der Waals surface area (Å²) in [5, 5.41) is 5.43. The molecule has 0 spiro atoms. The van der Waals surface area contributed by atoms with E-state index in [1.807, 2.05) is 11.3 Å². The highest BCUT2D eigenvalue weighted by Crippen LogP contribution is 2.30. The average molecular weight is 314 g/mol. The van der Waals surface area contributed by atoms with E-state index in [-0.39, 0.29) is 0 Å². The molecule has 1 aromatic heterocycles. The standard InChI is InChI=1S/C17H22N4S/c1-19-17(18)20-11-15(13-5-3-2-4-6-13)21-9-7-16-14(12-21)8-10-22-16/h2-6,8,10,15H,7,9,11-12H2,1H3,(H3,18,19,20). The van der Waals surface area contributed by atoms with E-state index in [4.69, 9.17) is 5.73 Å². The fraction of sp³-hybridized carbons (Fsp3) is 0.353. The topological polar surface area (TPSA) is 53.6 Å². The molecule has 1 aromatic carbocycles. The van der Waals surface area contributed by atoms with Crippen LogP contribution in [0.5, 0.6) is 0 Å². The number of nitrogens with one attached hydrogen (secondary N) is 1. The van der Waals surface area contributed by atoms with Gasteiger partial charge in [0.1, 0.15) is 0 Å². The molecular weight excluding hydrogens is 292 g/mol. The van der Waals surface area contributed by atoms with Crippen LogP contribution in [0.25, 0.3) is 0 Å². The summed E-state index contributed by atoms with van der Waals surface area (Å²) in [6, 6.07) is 13.2. The Morgan fingerprint density at radius 1 is 1.36 bits per heavy atom. The van der Waals surface area contributed by atoms with Crippen LogP contribution >= 0.6 is 11.3 Å².